The molecule has 0 spiro atoms. The Morgan fingerprint density at radius 1 is 1.25 bits per heavy atom. The molecule has 5 aromatic rings. The van der Waals surface area contributed by atoms with Crippen molar-refractivity contribution in [3.63, 3.8) is 0 Å². The summed E-state index contributed by atoms with van der Waals surface area (Å²) in [5.41, 5.74) is 5.94. The third kappa shape index (κ3) is 2.74. The fourth-order valence-electron chi connectivity index (χ4n) is 4.20. The molecule has 6 heterocycles. The molecule has 32 heavy (non-hydrogen) atoms. The number of imidazole rings is 1. The predicted molar refractivity (Wildman–Crippen MR) is 112 cm³/mol. The van der Waals surface area contributed by atoms with E-state index >= 15 is 0 Å². The van der Waals surface area contributed by atoms with Crippen LogP contribution in [0.5, 0.6) is 0 Å². The number of pyridine rings is 1. The molecule has 1 aliphatic heterocycles. The Hall–Kier alpha value is -4.28. The normalized spacial score (nSPS) is 15.9. The lowest BCUT2D eigenvalue weighted by atomic mass is 9.99. The summed E-state index contributed by atoms with van der Waals surface area (Å²) >= 11 is 0. The Morgan fingerprint density at radius 3 is 2.97 bits per heavy atom. The van der Waals surface area contributed by atoms with Gasteiger partial charge in [0.05, 0.1) is 23.2 Å². The first kappa shape index (κ1) is 18.5. The van der Waals surface area contributed by atoms with E-state index in [4.69, 9.17) is 9.52 Å². The van der Waals surface area contributed by atoms with Crippen molar-refractivity contribution >= 4 is 11.4 Å². The van der Waals surface area contributed by atoms with Crippen molar-refractivity contribution in [1.82, 2.24) is 44.9 Å². The maximum Gasteiger partial charge on any atom is 0.312 e. The first-order chi connectivity index (χ1) is 15.6. The van der Waals surface area contributed by atoms with Gasteiger partial charge in [-0.1, -0.05) is 6.07 Å². The number of aryl methyl sites for hydroxylation is 2. The van der Waals surface area contributed by atoms with Crippen LogP contribution < -0.4 is 0 Å². The van der Waals surface area contributed by atoms with E-state index in [9.17, 15) is 4.79 Å². The third-order valence-electron chi connectivity index (χ3n) is 5.84. The van der Waals surface area contributed by atoms with E-state index in [-0.39, 0.29) is 17.7 Å². The summed E-state index contributed by atoms with van der Waals surface area (Å²) < 4.78 is 7.52. The van der Waals surface area contributed by atoms with E-state index in [2.05, 4.69) is 30.4 Å². The average molecular weight is 429 g/mol. The number of amides is 1. The maximum atomic E-state index is 13.5. The lowest BCUT2D eigenvalue weighted by Crippen LogP contribution is -2.41. The molecule has 0 radical (unpaired) electrons. The van der Waals surface area contributed by atoms with E-state index in [1.165, 1.54) is 0 Å². The molecule has 0 bridgehead atoms. The van der Waals surface area contributed by atoms with Crippen LogP contribution in [0, 0.1) is 13.8 Å². The molecule has 0 saturated carbocycles. The molecule has 5 aromatic heterocycles. The van der Waals surface area contributed by atoms with Crippen molar-refractivity contribution in [2.75, 3.05) is 6.54 Å². The highest BCUT2D eigenvalue weighted by atomic mass is 16.4. The highest BCUT2D eigenvalue weighted by Crippen LogP contribution is 2.34. The number of rotatable bonds is 3. The zero-order valence-electron chi connectivity index (χ0n) is 17.4. The molecule has 0 fully saturated rings. The lowest BCUT2D eigenvalue weighted by molar-refractivity contribution is 0.0646. The summed E-state index contributed by atoms with van der Waals surface area (Å²) in [7, 11) is 0. The molecule has 6 rings (SSSR count). The van der Waals surface area contributed by atoms with Crippen LogP contribution in [0.4, 0.5) is 0 Å². The smallest absolute Gasteiger partial charge is 0.312 e. The molecule has 1 aliphatic rings. The summed E-state index contributed by atoms with van der Waals surface area (Å²) in [6.07, 6.45) is 5.91. The van der Waals surface area contributed by atoms with Crippen LogP contribution in [0.1, 0.15) is 44.9 Å². The van der Waals surface area contributed by atoms with Crippen molar-refractivity contribution < 1.29 is 9.21 Å². The summed E-state index contributed by atoms with van der Waals surface area (Å²) in [5, 5.41) is 19.6. The second-order valence-corrected chi connectivity index (χ2v) is 7.84. The Balaban J connectivity index is 1.42. The number of carbonyl (C=O) groups excluding carboxylic acids is 1. The standard InChI is InChI=1S/C21H19N9O2/c1-11-4-3-6-30-15(11)8-14(28-30)18-17-13(22-10-23-17)5-7-29(18)21(31)20-27-26-19(32-20)16-12(2)9-24-25-16/h3-4,6,8-10,18H,5,7H2,1-2H3,(H,22,23)(H,24,25). The van der Waals surface area contributed by atoms with Gasteiger partial charge in [0.25, 0.3) is 5.89 Å². The topological polar surface area (TPSA) is 134 Å². The Bertz CT molecular complexity index is 1460. The summed E-state index contributed by atoms with van der Waals surface area (Å²) in [5.74, 6) is -0.264. The van der Waals surface area contributed by atoms with E-state index < -0.39 is 6.04 Å². The number of fused-ring (bicyclic) bond motifs is 2. The molecule has 1 atom stereocenters. The Labute approximate surface area is 181 Å². The summed E-state index contributed by atoms with van der Waals surface area (Å²) in [6.45, 7) is 4.36. The molecule has 160 valence electrons. The average Bonchev–Trinajstić information content (AvgIpc) is 3.57. The van der Waals surface area contributed by atoms with Crippen LogP contribution in [-0.4, -0.2) is 57.3 Å². The van der Waals surface area contributed by atoms with Crippen LogP contribution in [0.15, 0.2) is 41.3 Å². The van der Waals surface area contributed by atoms with Crippen molar-refractivity contribution in [3.05, 3.63) is 71.0 Å². The van der Waals surface area contributed by atoms with E-state index in [0.29, 0.717) is 18.7 Å². The molecule has 11 nitrogen and oxygen atoms in total. The van der Waals surface area contributed by atoms with Crippen LogP contribution in [0.2, 0.25) is 0 Å². The second-order valence-electron chi connectivity index (χ2n) is 7.84. The van der Waals surface area contributed by atoms with Gasteiger partial charge in [0, 0.05) is 31.1 Å². The van der Waals surface area contributed by atoms with Crippen molar-refractivity contribution in [2.45, 2.75) is 26.3 Å². The zero-order chi connectivity index (χ0) is 21.8. The quantitative estimate of drug-likeness (QED) is 0.449. The minimum atomic E-state index is -0.473. The van der Waals surface area contributed by atoms with Gasteiger partial charge in [-0.2, -0.15) is 10.2 Å². The van der Waals surface area contributed by atoms with Crippen LogP contribution in [0.25, 0.3) is 17.1 Å². The van der Waals surface area contributed by atoms with Gasteiger partial charge in [-0.25, -0.2) is 9.50 Å². The summed E-state index contributed by atoms with van der Waals surface area (Å²) in [4.78, 5) is 22.9. The molecule has 11 heteroatoms. The van der Waals surface area contributed by atoms with Gasteiger partial charge in [0.2, 0.25) is 0 Å². The number of hydrogen-bond donors (Lipinski definition) is 2. The van der Waals surface area contributed by atoms with Gasteiger partial charge in [0.15, 0.2) is 5.69 Å². The number of H-pyrrole nitrogens is 2. The van der Waals surface area contributed by atoms with Crippen molar-refractivity contribution in [3.8, 4) is 11.6 Å². The number of aromatic amines is 2. The highest BCUT2D eigenvalue weighted by Gasteiger charge is 2.38. The molecule has 1 amide bonds. The molecular formula is C21H19N9O2. The fraction of sp³-hybridized carbons (Fsp3) is 0.238. The minimum absolute atomic E-state index is 0.0914. The van der Waals surface area contributed by atoms with E-state index in [0.717, 1.165) is 33.7 Å². The first-order valence-corrected chi connectivity index (χ1v) is 10.2. The number of carbonyl (C=O) groups is 1. The molecule has 0 aliphatic carbocycles. The van der Waals surface area contributed by atoms with Gasteiger partial charge in [0.1, 0.15) is 6.04 Å². The second kappa shape index (κ2) is 6.87. The third-order valence-corrected chi connectivity index (χ3v) is 5.84. The van der Waals surface area contributed by atoms with Crippen LogP contribution >= 0.6 is 0 Å². The largest absolute Gasteiger partial charge is 0.411 e. The fourth-order valence-corrected chi connectivity index (χ4v) is 4.20. The van der Waals surface area contributed by atoms with E-state index in [1.807, 2.05) is 42.8 Å². The van der Waals surface area contributed by atoms with Gasteiger partial charge in [-0.05, 0) is 37.1 Å². The van der Waals surface area contributed by atoms with Crippen LogP contribution in [0.3, 0.4) is 0 Å². The number of nitrogens with one attached hydrogen (secondary N) is 2. The maximum absolute atomic E-state index is 13.5. The number of nitrogens with zero attached hydrogens (tertiary/aromatic N) is 7. The minimum Gasteiger partial charge on any atom is -0.411 e. The molecule has 2 N–H and O–H groups in total. The van der Waals surface area contributed by atoms with Gasteiger partial charge >= 0.3 is 11.8 Å². The molecule has 0 saturated heterocycles. The predicted octanol–water partition coefficient (Wildman–Crippen LogP) is 2.24. The highest BCUT2D eigenvalue weighted by molar-refractivity contribution is 5.90. The first-order valence-electron chi connectivity index (χ1n) is 10.2. The summed E-state index contributed by atoms with van der Waals surface area (Å²) in [6, 6.07) is 5.50. The molecular weight excluding hydrogens is 410 g/mol. The number of aromatic nitrogens is 8. The van der Waals surface area contributed by atoms with Gasteiger partial charge in [-0.3, -0.25) is 9.89 Å². The van der Waals surface area contributed by atoms with Gasteiger partial charge < -0.3 is 14.3 Å². The zero-order valence-corrected chi connectivity index (χ0v) is 17.4. The monoisotopic (exact) mass is 429 g/mol. The Morgan fingerprint density at radius 2 is 2.16 bits per heavy atom. The van der Waals surface area contributed by atoms with Crippen molar-refractivity contribution in [1.29, 1.82) is 0 Å². The van der Waals surface area contributed by atoms with E-state index in [1.54, 1.807) is 17.4 Å². The van der Waals surface area contributed by atoms with Crippen molar-refractivity contribution in [2.24, 2.45) is 0 Å². The molecule has 1 unspecified atom stereocenters. The van der Waals surface area contributed by atoms with Crippen LogP contribution in [-0.2, 0) is 6.42 Å². The Kier molecular flexibility index (Phi) is 3.97. The lowest BCUT2D eigenvalue weighted by Gasteiger charge is -2.32. The number of hydrogen-bond acceptors (Lipinski definition) is 7. The SMILES string of the molecule is Cc1c[nH]nc1-c1nnc(C(=O)N2CCc3[nH]cnc3C2c2cc3c(C)cccn3n2)o1. The molecule has 0 aromatic carbocycles. The van der Waals surface area contributed by atoms with Gasteiger partial charge in [-0.15, -0.1) is 10.2 Å².